The van der Waals surface area contributed by atoms with Gasteiger partial charge in [-0.1, -0.05) is 54.1 Å². The number of anilines is 2. The van der Waals surface area contributed by atoms with Crippen LogP contribution in [0.2, 0.25) is 0 Å². The number of alkyl halides is 3. The molecule has 268 valence electrons. The summed E-state index contributed by atoms with van der Waals surface area (Å²) in [6.07, 6.45) is -3.42. The third-order valence-corrected chi connectivity index (χ3v) is 7.73. The minimum absolute atomic E-state index is 0.0195. The van der Waals surface area contributed by atoms with E-state index in [1.807, 2.05) is 75.4 Å². The number of rotatable bonds is 11. The van der Waals surface area contributed by atoms with Crippen LogP contribution >= 0.6 is 0 Å². The predicted octanol–water partition coefficient (Wildman–Crippen LogP) is 8.39. The van der Waals surface area contributed by atoms with Crippen LogP contribution in [0.1, 0.15) is 49.1 Å². The fourth-order valence-electron chi connectivity index (χ4n) is 5.33. The number of benzene rings is 4. The van der Waals surface area contributed by atoms with E-state index < -0.39 is 18.2 Å². The molecular formula is C39H41F3N4O5. The number of carbonyl (C=O) groups excluding carboxylic acids is 1. The molecule has 0 radical (unpaired) electrons. The number of hydrogen-bond donors (Lipinski definition) is 4. The average molecular weight is 703 g/mol. The molecule has 1 heterocycles. The molecule has 5 rings (SSSR count). The quantitative estimate of drug-likeness (QED) is 0.108. The van der Waals surface area contributed by atoms with Gasteiger partial charge in [0.2, 0.25) is 5.91 Å². The Balaban J connectivity index is 0.000000755. The van der Waals surface area contributed by atoms with Crippen LogP contribution in [0.15, 0.2) is 91.1 Å². The van der Waals surface area contributed by atoms with E-state index in [4.69, 9.17) is 25.1 Å². The number of fused-ring (bicyclic) bond motifs is 1. The molecule has 12 heteroatoms. The highest BCUT2D eigenvalue weighted by atomic mass is 19.4. The number of carboxylic acid groups (broad SMARTS) is 1. The standard InChI is InChI=1S/C37H40N4O3.C2HF3O2/c1-6-43-34-21-27(13-16-33(34)44-23(2)3)35(41-29-14-15-31-26(20-29)17-18-39-36(31)38)37(42)40-22-28-9-7-8-10-30(28)32-19-24(4)11-12-25(32)5;3-2(4,5)1(6)7/h7-21,23,35,41H,6,22H2,1-5H3,(H2,38,39)(H,40,42);(H,6,7). The number of aryl methyl sites for hydroxylation is 2. The number of ether oxygens (including phenoxy) is 2. The van der Waals surface area contributed by atoms with Gasteiger partial charge in [-0.25, -0.2) is 9.78 Å². The first kappa shape index (κ1) is 38.0. The van der Waals surface area contributed by atoms with Gasteiger partial charge in [0.25, 0.3) is 0 Å². The summed E-state index contributed by atoms with van der Waals surface area (Å²) in [5.41, 5.74) is 13.3. The maximum atomic E-state index is 14.1. The lowest BCUT2D eigenvalue weighted by Crippen LogP contribution is -2.33. The lowest BCUT2D eigenvalue weighted by molar-refractivity contribution is -0.192. The maximum absolute atomic E-state index is 14.1. The number of carboxylic acids is 1. The van der Waals surface area contributed by atoms with Crippen molar-refractivity contribution in [1.82, 2.24) is 10.3 Å². The molecule has 0 saturated heterocycles. The number of aromatic nitrogens is 1. The number of amides is 1. The summed E-state index contributed by atoms with van der Waals surface area (Å²) in [4.78, 5) is 27.1. The first-order valence-corrected chi connectivity index (χ1v) is 16.3. The van der Waals surface area contributed by atoms with Crippen molar-refractivity contribution in [2.24, 2.45) is 0 Å². The molecule has 1 unspecified atom stereocenters. The van der Waals surface area contributed by atoms with Gasteiger partial charge < -0.3 is 30.9 Å². The zero-order valence-corrected chi connectivity index (χ0v) is 29.0. The third-order valence-electron chi connectivity index (χ3n) is 7.73. The van der Waals surface area contributed by atoms with E-state index in [-0.39, 0.29) is 12.0 Å². The van der Waals surface area contributed by atoms with Gasteiger partial charge in [-0.05, 0) is 104 Å². The second-order valence-electron chi connectivity index (χ2n) is 12.0. The molecule has 9 nitrogen and oxygen atoms in total. The second-order valence-corrected chi connectivity index (χ2v) is 12.0. The zero-order valence-electron chi connectivity index (χ0n) is 29.0. The van der Waals surface area contributed by atoms with Crippen LogP contribution in [0.25, 0.3) is 21.9 Å². The van der Waals surface area contributed by atoms with E-state index >= 15 is 0 Å². The first-order valence-electron chi connectivity index (χ1n) is 16.3. The smallest absolute Gasteiger partial charge is 0.490 e. The van der Waals surface area contributed by atoms with Crippen LogP contribution in [0, 0.1) is 13.8 Å². The molecule has 0 aliphatic carbocycles. The van der Waals surface area contributed by atoms with E-state index in [1.165, 1.54) is 11.1 Å². The van der Waals surface area contributed by atoms with Crippen molar-refractivity contribution in [1.29, 1.82) is 0 Å². The van der Waals surface area contributed by atoms with E-state index in [0.29, 0.717) is 30.5 Å². The van der Waals surface area contributed by atoms with E-state index in [2.05, 4.69) is 59.8 Å². The highest BCUT2D eigenvalue weighted by molar-refractivity contribution is 5.94. The zero-order chi connectivity index (χ0) is 37.3. The summed E-state index contributed by atoms with van der Waals surface area (Å²) in [5, 5.41) is 15.6. The Kier molecular flexibility index (Phi) is 12.5. The number of nitrogens with one attached hydrogen (secondary N) is 2. The molecule has 1 amide bonds. The van der Waals surface area contributed by atoms with Crippen LogP contribution in [0.5, 0.6) is 11.5 Å². The molecular weight excluding hydrogens is 661 g/mol. The molecule has 1 atom stereocenters. The van der Waals surface area contributed by atoms with Crippen LogP contribution in [-0.4, -0.2) is 40.9 Å². The SMILES string of the molecule is CCOc1cc(C(Nc2ccc3c(N)nccc3c2)C(=O)NCc2ccccc2-c2cc(C)ccc2C)ccc1OC(C)C.O=C(O)C(F)(F)F. The van der Waals surface area contributed by atoms with Crippen molar-refractivity contribution in [3.63, 3.8) is 0 Å². The number of pyridine rings is 1. The van der Waals surface area contributed by atoms with Crippen molar-refractivity contribution in [3.05, 3.63) is 113 Å². The Labute approximate surface area is 294 Å². The number of carbonyl (C=O) groups is 2. The Morgan fingerprint density at radius 2 is 1.65 bits per heavy atom. The number of halogens is 3. The van der Waals surface area contributed by atoms with Crippen molar-refractivity contribution in [2.45, 2.75) is 59.5 Å². The van der Waals surface area contributed by atoms with Crippen molar-refractivity contribution in [3.8, 4) is 22.6 Å². The highest BCUT2D eigenvalue weighted by Gasteiger charge is 2.38. The fraction of sp³-hybridized carbons (Fsp3) is 0.256. The molecule has 4 aromatic carbocycles. The number of nitrogens with zero attached hydrogens (tertiary/aromatic N) is 1. The highest BCUT2D eigenvalue weighted by Crippen LogP contribution is 2.34. The predicted molar refractivity (Wildman–Crippen MR) is 193 cm³/mol. The Morgan fingerprint density at radius 3 is 2.33 bits per heavy atom. The largest absolute Gasteiger partial charge is 0.490 e. The van der Waals surface area contributed by atoms with Gasteiger partial charge in [-0.2, -0.15) is 13.2 Å². The molecule has 0 saturated carbocycles. The second kappa shape index (κ2) is 16.8. The topological polar surface area (TPSA) is 136 Å². The summed E-state index contributed by atoms with van der Waals surface area (Å²) in [6, 6.07) is 27.3. The summed E-state index contributed by atoms with van der Waals surface area (Å²) in [7, 11) is 0. The Hall–Kier alpha value is -5.78. The normalized spacial score (nSPS) is 11.7. The Morgan fingerprint density at radius 1 is 0.922 bits per heavy atom. The van der Waals surface area contributed by atoms with Crippen molar-refractivity contribution in [2.75, 3.05) is 17.7 Å². The average Bonchev–Trinajstić information content (AvgIpc) is 3.08. The van der Waals surface area contributed by atoms with Crippen LogP contribution in [0.4, 0.5) is 24.7 Å². The van der Waals surface area contributed by atoms with E-state index in [9.17, 15) is 18.0 Å². The summed E-state index contributed by atoms with van der Waals surface area (Å²) in [6.45, 7) is 10.9. The van der Waals surface area contributed by atoms with Gasteiger partial charge in [-0.15, -0.1) is 0 Å². The van der Waals surface area contributed by atoms with E-state index in [0.717, 1.165) is 38.7 Å². The molecule has 5 N–H and O–H groups in total. The van der Waals surface area contributed by atoms with Gasteiger partial charge in [0.15, 0.2) is 11.5 Å². The van der Waals surface area contributed by atoms with Crippen molar-refractivity contribution >= 4 is 34.2 Å². The van der Waals surface area contributed by atoms with Gasteiger partial charge in [0.05, 0.1) is 12.7 Å². The van der Waals surface area contributed by atoms with Gasteiger partial charge in [0, 0.05) is 23.8 Å². The molecule has 5 aromatic rings. The third kappa shape index (κ3) is 10.1. The van der Waals surface area contributed by atoms with E-state index in [1.54, 1.807) is 6.20 Å². The summed E-state index contributed by atoms with van der Waals surface area (Å²) in [5.74, 6) is -1.23. The molecule has 0 fully saturated rings. The lowest BCUT2D eigenvalue weighted by Gasteiger charge is -2.23. The molecule has 51 heavy (non-hydrogen) atoms. The van der Waals surface area contributed by atoms with Gasteiger partial charge in [-0.3, -0.25) is 4.79 Å². The number of hydrogen-bond acceptors (Lipinski definition) is 7. The summed E-state index contributed by atoms with van der Waals surface area (Å²) >= 11 is 0. The minimum Gasteiger partial charge on any atom is -0.490 e. The number of nitrogens with two attached hydrogens (primary N) is 1. The maximum Gasteiger partial charge on any atom is 0.490 e. The molecule has 0 spiro atoms. The first-order chi connectivity index (χ1) is 24.2. The van der Waals surface area contributed by atoms with Crippen molar-refractivity contribution < 1.29 is 37.3 Å². The molecule has 1 aromatic heterocycles. The van der Waals surface area contributed by atoms with Crippen LogP contribution in [0.3, 0.4) is 0 Å². The fourth-order valence-corrected chi connectivity index (χ4v) is 5.33. The monoisotopic (exact) mass is 702 g/mol. The molecule has 0 aliphatic heterocycles. The minimum atomic E-state index is -5.08. The van der Waals surface area contributed by atoms with Crippen LogP contribution < -0.4 is 25.8 Å². The number of nitrogen functional groups attached to an aromatic ring is 1. The Bertz CT molecular complexity index is 2000. The summed E-state index contributed by atoms with van der Waals surface area (Å²) < 4.78 is 43.7. The van der Waals surface area contributed by atoms with Gasteiger partial charge in [0.1, 0.15) is 11.9 Å². The van der Waals surface area contributed by atoms with Crippen LogP contribution in [-0.2, 0) is 16.1 Å². The molecule has 0 bridgehead atoms. The number of aliphatic carboxylic acids is 1. The van der Waals surface area contributed by atoms with Gasteiger partial charge >= 0.3 is 12.1 Å². The lowest BCUT2D eigenvalue weighted by atomic mass is 9.94. The molecule has 0 aliphatic rings.